The molecule has 1 aromatic carbocycles. The maximum atomic E-state index is 12.3. The first-order chi connectivity index (χ1) is 9.64. The van der Waals surface area contributed by atoms with Crippen molar-refractivity contribution < 1.29 is 14.3 Å². The number of fused-ring (bicyclic) bond motifs is 1. The van der Waals surface area contributed by atoms with Crippen LogP contribution >= 0.6 is 11.6 Å². The minimum atomic E-state index is -0.634. The highest BCUT2D eigenvalue weighted by atomic mass is 35.5. The van der Waals surface area contributed by atoms with Gasteiger partial charge in [-0.2, -0.15) is 0 Å². The van der Waals surface area contributed by atoms with Gasteiger partial charge in [-0.15, -0.1) is 11.6 Å². The molecular formula is C15H20ClNO3. The van der Waals surface area contributed by atoms with Crippen LogP contribution in [0.5, 0.6) is 11.5 Å². The summed E-state index contributed by atoms with van der Waals surface area (Å²) in [7, 11) is 0. The lowest BCUT2D eigenvalue weighted by atomic mass is 9.95. The summed E-state index contributed by atoms with van der Waals surface area (Å²) < 4.78 is 11.2. The number of hydrogen-bond acceptors (Lipinski definition) is 3. The summed E-state index contributed by atoms with van der Waals surface area (Å²) in [5, 5.41) is 3.00. The van der Waals surface area contributed by atoms with Crippen molar-refractivity contribution in [1.29, 1.82) is 0 Å². The van der Waals surface area contributed by atoms with Crippen molar-refractivity contribution in [3.63, 3.8) is 0 Å². The van der Waals surface area contributed by atoms with Crippen molar-refractivity contribution >= 4 is 17.5 Å². The third-order valence-electron chi connectivity index (χ3n) is 3.80. The van der Waals surface area contributed by atoms with E-state index in [4.69, 9.17) is 21.1 Å². The predicted molar refractivity (Wildman–Crippen MR) is 78.5 cm³/mol. The predicted octanol–water partition coefficient (Wildman–Crippen LogP) is 2.74. The summed E-state index contributed by atoms with van der Waals surface area (Å²) in [5.41, 5.74) is -0.376. The second kappa shape index (κ2) is 6.35. The molecule has 1 amide bonds. The van der Waals surface area contributed by atoms with Crippen LogP contribution in [0.2, 0.25) is 0 Å². The number of carbonyl (C=O) groups is 1. The van der Waals surface area contributed by atoms with Crippen molar-refractivity contribution in [2.75, 3.05) is 12.5 Å². The van der Waals surface area contributed by atoms with Gasteiger partial charge in [0.15, 0.2) is 11.5 Å². The van der Waals surface area contributed by atoms with Crippen LogP contribution in [0.15, 0.2) is 24.3 Å². The first-order valence-corrected chi connectivity index (χ1v) is 7.44. The standard InChI is InChI=1S/C15H20ClNO3/c1-3-15(4-2,10-16)17-14(18)13-9-19-11-7-5-6-8-12(11)20-13/h5-8,13H,3-4,9-10H2,1-2H3,(H,17,18). The number of benzene rings is 1. The average Bonchev–Trinajstić information content (AvgIpc) is 2.52. The van der Waals surface area contributed by atoms with Crippen molar-refractivity contribution in [2.24, 2.45) is 0 Å². The molecule has 1 atom stereocenters. The quantitative estimate of drug-likeness (QED) is 0.850. The summed E-state index contributed by atoms with van der Waals surface area (Å²) in [6.45, 7) is 4.24. The van der Waals surface area contributed by atoms with Crippen LogP contribution in [0.25, 0.3) is 0 Å². The largest absolute Gasteiger partial charge is 0.485 e. The van der Waals surface area contributed by atoms with Gasteiger partial charge in [-0.25, -0.2) is 0 Å². The molecule has 4 nitrogen and oxygen atoms in total. The van der Waals surface area contributed by atoms with Crippen LogP contribution in [-0.4, -0.2) is 30.0 Å². The van der Waals surface area contributed by atoms with E-state index in [0.29, 0.717) is 17.4 Å². The molecule has 1 unspecified atom stereocenters. The Kier molecular flexibility index (Phi) is 4.76. The zero-order valence-electron chi connectivity index (χ0n) is 11.8. The van der Waals surface area contributed by atoms with E-state index in [9.17, 15) is 4.79 Å². The maximum Gasteiger partial charge on any atom is 0.265 e. The first kappa shape index (κ1) is 15.0. The second-order valence-electron chi connectivity index (χ2n) is 4.97. The topological polar surface area (TPSA) is 47.6 Å². The normalized spacial score (nSPS) is 17.6. The highest BCUT2D eigenvalue weighted by Gasteiger charge is 2.33. The average molecular weight is 298 g/mol. The number of carbonyl (C=O) groups excluding carboxylic acids is 1. The Morgan fingerprint density at radius 1 is 1.35 bits per heavy atom. The third-order valence-corrected chi connectivity index (χ3v) is 4.31. The summed E-state index contributed by atoms with van der Waals surface area (Å²) in [5.74, 6) is 1.48. The summed E-state index contributed by atoms with van der Waals surface area (Å²) >= 11 is 6.00. The SMILES string of the molecule is CCC(CC)(CCl)NC(=O)C1COc2ccccc2O1. The lowest BCUT2D eigenvalue weighted by molar-refractivity contribution is -0.132. The second-order valence-corrected chi connectivity index (χ2v) is 5.24. The molecule has 0 aliphatic carbocycles. The Morgan fingerprint density at radius 2 is 2.00 bits per heavy atom. The minimum Gasteiger partial charge on any atom is -0.485 e. The number of para-hydroxylation sites is 2. The number of alkyl halides is 1. The lowest BCUT2D eigenvalue weighted by Gasteiger charge is -2.33. The van der Waals surface area contributed by atoms with Crippen molar-refractivity contribution in [3.05, 3.63) is 24.3 Å². The van der Waals surface area contributed by atoms with Crippen LogP contribution in [-0.2, 0) is 4.79 Å². The highest BCUT2D eigenvalue weighted by molar-refractivity contribution is 6.18. The van der Waals surface area contributed by atoms with Crippen LogP contribution in [0.4, 0.5) is 0 Å². The molecule has 110 valence electrons. The fraction of sp³-hybridized carbons (Fsp3) is 0.533. The van der Waals surface area contributed by atoms with Crippen LogP contribution in [0, 0.1) is 0 Å². The van der Waals surface area contributed by atoms with E-state index in [1.165, 1.54) is 0 Å². The molecule has 0 fully saturated rings. The van der Waals surface area contributed by atoms with Crippen molar-refractivity contribution in [2.45, 2.75) is 38.3 Å². The smallest absolute Gasteiger partial charge is 0.265 e. The molecule has 0 spiro atoms. The molecule has 0 saturated carbocycles. The Bertz CT molecular complexity index is 466. The summed E-state index contributed by atoms with van der Waals surface area (Å²) in [6, 6.07) is 7.34. The molecule has 2 rings (SSSR count). The fourth-order valence-corrected chi connectivity index (χ4v) is 2.58. The van der Waals surface area contributed by atoms with E-state index < -0.39 is 6.10 Å². The van der Waals surface area contributed by atoms with Gasteiger partial charge < -0.3 is 14.8 Å². The Balaban J connectivity index is 2.05. The van der Waals surface area contributed by atoms with E-state index >= 15 is 0 Å². The van der Waals surface area contributed by atoms with Crippen LogP contribution in [0.1, 0.15) is 26.7 Å². The van der Waals surface area contributed by atoms with E-state index in [0.717, 1.165) is 12.8 Å². The zero-order valence-corrected chi connectivity index (χ0v) is 12.6. The Labute approximate surface area is 124 Å². The van der Waals surface area contributed by atoms with Gasteiger partial charge in [-0.3, -0.25) is 4.79 Å². The zero-order chi connectivity index (χ0) is 14.6. The molecule has 20 heavy (non-hydrogen) atoms. The fourth-order valence-electron chi connectivity index (χ4n) is 2.14. The minimum absolute atomic E-state index is 0.177. The van der Waals surface area contributed by atoms with Crippen LogP contribution in [0.3, 0.4) is 0 Å². The molecule has 1 aromatic rings. The van der Waals surface area contributed by atoms with Gasteiger partial charge in [0.05, 0.1) is 5.54 Å². The number of nitrogens with one attached hydrogen (secondary N) is 1. The first-order valence-electron chi connectivity index (χ1n) is 6.90. The van der Waals surface area contributed by atoms with Gasteiger partial charge in [0.1, 0.15) is 6.61 Å². The van der Waals surface area contributed by atoms with Gasteiger partial charge in [-0.05, 0) is 25.0 Å². The molecule has 0 aromatic heterocycles. The van der Waals surface area contributed by atoms with Crippen molar-refractivity contribution in [1.82, 2.24) is 5.32 Å². The number of hydrogen-bond donors (Lipinski definition) is 1. The van der Waals surface area contributed by atoms with E-state index in [2.05, 4.69) is 5.32 Å². The van der Waals surface area contributed by atoms with Gasteiger partial charge >= 0.3 is 0 Å². The molecule has 0 saturated heterocycles. The molecule has 5 heteroatoms. The van der Waals surface area contributed by atoms with Gasteiger partial charge in [0.25, 0.3) is 5.91 Å². The van der Waals surface area contributed by atoms with Crippen LogP contribution < -0.4 is 14.8 Å². The number of rotatable bonds is 5. The number of halogens is 1. The Morgan fingerprint density at radius 3 is 2.60 bits per heavy atom. The van der Waals surface area contributed by atoms with Gasteiger partial charge in [0.2, 0.25) is 6.10 Å². The monoisotopic (exact) mass is 297 g/mol. The van der Waals surface area contributed by atoms with Crippen molar-refractivity contribution in [3.8, 4) is 11.5 Å². The summed E-state index contributed by atoms with van der Waals surface area (Å²) in [6.07, 6.45) is 0.928. The number of amides is 1. The number of ether oxygens (including phenoxy) is 2. The molecular weight excluding hydrogens is 278 g/mol. The molecule has 1 aliphatic heterocycles. The molecule has 0 bridgehead atoms. The van der Waals surface area contributed by atoms with E-state index in [-0.39, 0.29) is 18.1 Å². The molecule has 0 radical (unpaired) electrons. The molecule has 1 heterocycles. The van der Waals surface area contributed by atoms with E-state index in [1.54, 1.807) is 6.07 Å². The Hall–Kier alpha value is -1.42. The van der Waals surface area contributed by atoms with E-state index in [1.807, 2.05) is 32.0 Å². The summed E-state index contributed by atoms with van der Waals surface area (Å²) in [4.78, 5) is 12.3. The molecule has 1 aliphatic rings. The molecule has 1 N–H and O–H groups in total. The lowest BCUT2D eigenvalue weighted by Crippen LogP contribution is -2.55. The maximum absolute atomic E-state index is 12.3. The highest BCUT2D eigenvalue weighted by Crippen LogP contribution is 2.31. The van der Waals surface area contributed by atoms with Gasteiger partial charge in [0, 0.05) is 5.88 Å². The van der Waals surface area contributed by atoms with Gasteiger partial charge in [-0.1, -0.05) is 26.0 Å². The third kappa shape index (κ3) is 3.01.